The van der Waals surface area contributed by atoms with E-state index in [-0.39, 0.29) is 17.2 Å². The lowest BCUT2D eigenvalue weighted by molar-refractivity contribution is 0.414. The van der Waals surface area contributed by atoms with Crippen LogP contribution in [0.2, 0.25) is 0 Å². The zero-order valence-electron chi connectivity index (χ0n) is 21.9. The summed E-state index contributed by atoms with van der Waals surface area (Å²) in [7, 11) is 1.62. The first kappa shape index (κ1) is 25.1. The van der Waals surface area contributed by atoms with Crippen LogP contribution in [0.15, 0.2) is 90.0 Å². The molecule has 198 valence electrons. The van der Waals surface area contributed by atoms with E-state index < -0.39 is 5.92 Å². The van der Waals surface area contributed by atoms with Crippen molar-refractivity contribution in [2.24, 2.45) is 0 Å². The summed E-state index contributed by atoms with van der Waals surface area (Å²) in [6.07, 6.45) is 3.39. The van der Waals surface area contributed by atoms with Gasteiger partial charge >= 0.3 is 0 Å². The third-order valence-electron chi connectivity index (χ3n) is 6.96. The minimum absolute atomic E-state index is 0.0543. The Morgan fingerprint density at radius 3 is 2.58 bits per heavy atom. The molecular formula is C31H25FN6O2. The second-order valence-corrected chi connectivity index (χ2v) is 9.52. The molecule has 0 radical (unpaired) electrons. The van der Waals surface area contributed by atoms with Gasteiger partial charge in [0.05, 0.1) is 35.1 Å². The van der Waals surface area contributed by atoms with Gasteiger partial charge in [0, 0.05) is 42.4 Å². The number of hydrogen-bond donors (Lipinski definition) is 1. The molecule has 6 rings (SSSR count). The minimum Gasteiger partial charge on any atom is -0.497 e. The van der Waals surface area contributed by atoms with E-state index in [9.17, 15) is 9.18 Å². The zero-order valence-corrected chi connectivity index (χ0v) is 21.9. The van der Waals surface area contributed by atoms with E-state index in [1.165, 1.54) is 18.2 Å². The summed E-state index contributed by atoms with van der Waals surface area (Å²) in [5, 5.41) is 1.13. The van der Waals surface area contributed by atoms with Crippen LogP contribution in [0.1, 0.15) is 29.7 Å². The number of ether oxygens (including phenoxy) is 1. The Balaban J connectivity index is 1.54. The Bertz CT molecular complexity index is 1920. The molecule has 0 amide bonds. The number of nitrogens with zero attached hydrogens (tertiary/aromatic N) is 5. The third kappa shape index (κ3) is 4.62. The van der Waals surface area contributed by atoms with E-state index in [2.05, 4.69) is 15.0 Å². The summed E-state index contributed by atoms with van der Waals surface area (Å²) in [6.45, 7) is 2.41. The maximum atomic E-state index is 14.1. The van der Waals surface area contributed by atoms with Crippen molar-refractivity contribution < 1.29 is 9.13 Å². The second kappa shape index (κ2) is 10.2. The van der Waals surface area contributed by atoms with E-state index >= 15 is 0 Å². The molecule has 0 spiro atoms. The van der Waals surface area contributed by atoms with E-state index in [4.69, 9.17) is 15.5 Å². The molecule has 2 aromatic carbocycles. The smallest absolute Gasteiger partial charge is 0.222 e. The fraction of sp³-hybridized carbons (Fsp3) is 0.129. The lowest BCUT2D eigenvalue weighted by atomic mass is 9.91. The summed E-state index contributed by atoms with van der Waals surface area (Å²) in [5.74, 6) is 0.0151. The quantitative estimate of drug-likeness (QED) is 0.309. The average molecular weight is 533 g/mol. The molecule has 4 heterocycles. The summed E-state index contributed by atoms with van der Waals surface area (Å²) in [5.41, 5.74) is 10.4. The van der Waals surface area contributed by atoms with Gasteiger partial charge in [-0.1, -0.05) is 25.1 Å². The number of anilines is 1. The zero-order chi connectivity index (χ0) is 27.8. The first-order valence-electron chi connectivity index (χ1n) is 12.7. The van der Waals surface area contributed by atoms with Crippen LogP contribution in [0.5, 0.6) is 5.75 Å². The molecule has 4 aromatic heterocycles. The molecule has 0 unspecified atom stereocenters. The van der Waals surface area contributed by atoms with E-state index in [1.807, 2.05) is 60.0 Å². The van der Waals surface area contributed by atoms with Crippen LogP contribution in [0.25, 0.3) is 33.3 Å². The molecule has 0 fully saturated rings. The molecule has 0 aliphatic rings. The minimum atomic E-state index is -0.420. The number of benzene rings is 2. The van der Waals surface area contributed by atoms with Crippen LogP contribution in [-0.4, -0.2) is 31.6 Å². The Morgan fingerprint density at radius 2 is 1.82 bits per heavy atom. The Kier molecular flexibility index (Phi) is 6.39. The number of pyridine rings is 3. The number of nitrogen functional groups attached to an aromatic ring is 1. The van der Waals surface area contributed by atoms with E-state index in [0.29, 0.717) is 40.2 Å². The third-order valence-corrected chi connectivity index (χ3v) is 6.96. The van der Waals surface area contributed by atoms with Crippen LogP contribution < -0.4 is 15.9 Å². The highest BCUT2D eigenvalue weighted by atomic mass is 19.1. The molecule has 1 atom stereocenters. The van der Waals surface area contributed by atoms with Crippen LogP contribution in [0, 0.1) is 5.82 Å². The lowest BCUT2D eigenvalue weighted by Crippen LogP contribution is -2.17. The molecule has 9 heteroatoms. The number of hydrogen-bond acceptors (Lipinski definition) is 7. The SMILES string of the molecule is COc1ccc(Cn2ccc(=O)c3c([C@@H](C)c4cc5ccc(F)cc5nc4-c4ccccn4)nc(N)nc32)cc1. The number of halogens is 1. The van der Waals surface area contributed by atoms with Gasteiger partial charge in [0.1, 0.15) is 17.2 Å². The molecule has 8 nitrogen and oxygen atoms in total. The molecule has 6 aromatic rings. The standard InChI is InChI=1S/C31H25FN6O2/c1-18(23-15-20-8-9-21(32)16-25(20)35-29(23)24-5-3-4-13-34-24)28-27-26(39)12-14-38(30(27)37-31(33)36-28)17-19-6-10-22(40-2)11-7-19/h3-16,18H,17H2,1-2H3,(H2,33,36,37)/t18-/m0/s1. The maximum absolute atomic E-state index is 14.1. The Morgan fingerprint density at radius 1 is 1.00 bits per heavy atom. The normalized spacial score (nSPS) is 12.1. The summed E-state index contributed by atoms with van der Waals surface area (Å²) < 4.78 is 21.2. The van der Waals surface area contributed by atoms with Crippen LogP contribution in [0.4, 0.5) is 10.3 Å². The monoisotopic (exact) mass is 532 g/mol. The molecule has 0 aliphatic carbocycles. The molecular weight excluding hydrogens is 507 g/mol. The second-order valence-electron chi connectivity index (χ2n) is 9.52. The van der Waals surface area contributed by atoms with Crippen LogP contribution >= 0.6 is 0 Å². The number of aromatic nitrogens is 5. The predicted molar refractivity (Wildman–Crippen MR) is 153 cm³/mol. The van der Waals surface area contributed by atoms with Gasteiger partial charge in [0.25, 0.3) is 0 Å². The molecule has 40 heavy (non-hydrogen) atoms. The fourth-order valence-corrected chi connectivity index (χ4v) is 4.95. The van der Waals surface area contributed by atoms with E-state index in [0.717, 1.165) is 22.3 Å². The van der Waals surface area contributed by atoms with Gasteiger partial charge in [0.2, 0.25) is 5.95 Å². The van der Waals surface area contributed by atoms with Gasteiger partial charge in [0.15, 0.2) is 5.43 Å². The van der Waals surface area contributed by atoms with Crippen molar-refractivity contribution in [2.75, 3.05) is 12.8 Å². The fourth-order valence-electron chi connectivity index (χ4n) is 4.95. The topological polar surface area (TPSA) is 109 Å². The number of rotatable bonds is 6. The van der Waals surface area contributed by atoms with Crippen LogP contribution in [0.3, 0.4) is 0 Å². The lowest BCUT2D eigenvalue weighted by Gasteiger charge is -2.19. The molecule has 0 aliphatic heterocycles. The largest absolute Gasteiger partial charge is 0.497 e. The van der Waals surface area contributed by atoms with Gasteiger partial charge in [-0.3, -0.25) is 9.78 Å². The van der Waals surface area contributed by atoms with E-state index in [1.54, 1.807) is 25.6 Å². The number of fused-ring (bicyclic) bond motifs is 2. The molecule has 0 saturated carbocycles. The van der Waals surface area contributed by atoms with Crippen molar-refractivity contribution in [3.05, 3.63) is 118 Å². The summed E-state index contributed by atoms with van der Waals surface area (Å²) in [6, 6.07) is 21.1. The number of methoxy groups -OCH3 is 1. The maximum Gasteiger partial charge on any atom is 0.222 e. The predicted octanol–water partition coefficient (Wildman–Crippen LogP) is 5.33. The van der Waals surface area contributed by atoms with Gasteiger partial charge < -0.3 is 15.0 Å². The summed E-state index contributed by atoms with van der Waals surface area (Å²) in [4.78, 5) is 31.7. The first-order chi connectivity index (χ1) is 19.4. The first-order valence-corrected chi connectivity index (χ1v) is 12.7. The molecule has 2 N–H and O–H groups in total. The van der Waals surface area contributed by atoms with Crippen molar-refractivity contribution >= 4 is 27.9 Å². The average Bonchev–Trinajstić information content (AvgIpc) is 2.98. The van der Waals surface area contributed by atoms with Crippen LogP contribution in [-0.2, 0) is 6.54 Å². The Hall–Kier alpha value is -5.18. The highest BCUT2D eigenvalue weighted by molar-refractivity contribution is 5.85. The van der Waals surface area contributed by atoms with Gasteiger partial charge in [-0.05, 0) is 53.6 Å². The highest BCUT2D eigenvalue weighted by Crippen LogP contribution is 2.35. The molecule has 0 bridgehead atoms. The van der Waals surface area contributed by atoms with Crippen molar-refractivity contribution in [1.82, 2.24) is 24.5 Å². The van der Waals surface area contributed by atoms with Crippen molar-refractivity contribution in [3.8, 4) is 17.1 Å². The van der Waals surface area contributed by atoms with Gasteiger partial charge in [-0.25, -0.2) is 14.4 Å². The highest BCUT2D eigenvalue weighted by Gasteiger charge is 2.24. The summed E-state index contributed by atoms with van der Waals surface area (Å²) >= 11 is 0. The van der Waals surface area contributed by atoms with Crippen molar-refractivity contribution in [2.45, 2.75) is 19.4 Å². The van der Waals surface area contributed by atoms with Crippen molar-refractivity contribution in [1.29, 1.82) is 0 Å². The van der Waals surface area contributed by atoms with Gasteiger partial charge in [-0.15, -0.1) is 0 Å². The Labute approximate surface area is 229 Å². The molecule has 0 saturated heterocycles. The van der Waals surface area contributed by atoms with Gasteiger partial charge in [-0.2, -0.15) is 4.98 Å². The van der Waals surface area contributed by atoms with Crippen molar-refractivity contribution in [3.63, 3.8) is 0 Å². The number of nitrogens with two attached hydrogens (primary N) is 1.